The molecule has 0 bridgehead atoms. The average molecular weight is 417 g/mol. The van der Waals surface area contributed by atoms with Crippen molar-refractivity contribution in [2.45, 2.75) is 18.0 Å². The fraction of sp³-hybridized carbons (Fsp3) is 0.294. The molecule has 28 heavy (non-hydrogen) atoms. The van der Waals surface area contributed by atoms with Crippen molar-refractivity contribution in [3.05, 3.63) is 47.7 Å². The molecule has 0 fully saturated rings. The van der Waals surface area contributed by atoms with Crippen LogP contribution in [0.25, 0.3) is 0 Å². The first-order valence-electron chi connectivity index (χ1n) is 7.91. The van der Waals surface area contributed by atoms with Crippen molar-refractivity contribution in [1.29, 1.82) is 0 Å². The number of sulfonamides is 1. The van der Waals surface area contributed by atoms with Gasteiger partial charge in [-0.1, -0.05) is 6.07 Å². The van der Waals surface area contributed by atoms with Crippen LogP contribution in [0.3, 0.4) is 0 Å². The van der Waals surface area contributed by atoms with E-state index in [1.165, 1.54) is 50.6 Å². The first-order valence-corrected chi connectivity index (χ1v) is 9.35. The van der Waals surface area contributed by atoms with E-state index >= 15 is 0 Å². The molecule has 0 aliphatic carbocycles. The molecule has 0 saturated carbocycles. The summed E-state index contributed by atoms with van der Waals surface area (Å²) in [6.45, 7) is 0.0475. The molecule has 11 heteroatoms. The van der Waals surface area contributed by atoms with E-state index in [9.17, 15) is 26.4 Å². The van der Waals surface area contributed by atoms with Crippen LogP contribution >= 0.6 is 0 Å². The number of alkyl halides is 3. The third-order valence-electron chi connectivity index (χ3n) is 3.62. The number of hydrogen-bond donors (Lipinski definition) is 1. The largest absolute Gasteiger partial charge is 0.467 e. The van der Waals surface area contributed by atoms with E-state index < -0.39 is 34.6 Å². The van der Waals surface area contributed by atoms with Crippen molar-refractivity contribution in [3.8, 4) is 5.88 Å². The number of aryl methyl sites for hydroxylation is 1. The van der Waals surface area contributed by atoms with Crippen molar-refractivity contribution in [3.63, 3.8) is 0 Å². The summed E-state index contributed by atoms with van der Waals surface area (Å²) in [5.74, 6) is -1.26. The van der Waals surface area contributed by atoms with Gasteiger partial charge in [0.05, 0.1) is 4.90 Å². The van der Waals surface area contributed by atoms with E-state index in [1.807, 2.05) is 0 Å². The number of amides is 1. The molecule has 1 aromatic heterocycles. The van der Waals surface area contributed by atoms with Gasteiger partial charge >= 0.3 is 6.18 Å². The van der Waals surface area contributed by atoms with Gasteiger partial charge in [0.1, 0.15) is 5.56 Å². The third kappa shape index (κ3) is 5.20. The van der Waals surface area contributed by atoms with Gasteiger partial charge in [0.25, 0.3) is 5.91 Å². The Bertz CT molecular complexity index is 976. The molecule has 2 aromatic rings. The molecular formula is C17H18F3N3O4S. The number of nitrogens with one attached hydrogen (secondary N) is 1. The van der Waals surface area contributed by atoms with Crippen molar-refractivity contribution in [2.24, 2.45) is 0 Å². The van der Waals surface area contributed by atoms with Crippen LogP contribution in [-0.2, 0) is 10.0 Å². The summed E-state index contributed by atoms with van der Waals surface area (Å²) >= 11 is 0. The molecule has 1 N–H and O–H groups in total. The monoisotopic (exact) mass is 417 g/mol. The highest BCUT2D eigenvalue weighted by atomic mass is 32.2. The molecule has 0 aliphatic rings. The summed E-state index contributed by atoms with van der Waals surface area (Å²) in [6.07, 6.45) is -3.39. The lowest BCUT2D eigenvalue weighted by Crippen LogP contribution is -2.23. The molecule has 152 valence electrons. The van der Waals surface area contributed by atoms with E-state index in [0.29, 0.717) is 5.56 Å². The van der Waals surface area contributed by atoms with Crippen molar-refractivity contribution >= 4 is 21.6 Å². The van der Waals surface area contributed by atoms with Crippen LogP contribution in [-0.4, -0.2) is 50.5 Å². The summed E-state index contributed by atoms with van der Waals surface area (Å²) in [7, 11) is -0.993. The highest BCUT2D eigenvalue weighted by Gasteiger charge is 2.29. The fourth-order valence-corrected chi connectivity index (χ4v) is 3.05. The molecule has 1 amide bonds. The maximum atomic E-state index is 12.5. The molecule has 2 rings (SSSR count). The number of ether oxygens (including phenoxy) is 1. The molecule has 1 heterocycles. The second-order valence-corrected chi connectivity index (χ2v) is 8.13. The van der Waals surface area contributed by atoms with Crippen LogP contribution in [0.15, 0.2) is 41.4 Å². The SMILES string of the molecule is Cc1ccc(S(=O)(=O)N(C)C)cc1NC(=O)c1cccnc1OCC(F)(F)F. The molecule has 0 saturated heterocycles. The molecule has 1 aromatic carbocycles. The maximum Gasteiger partial charge on any atom is 0.422 e. The standard InChI is InChI=1S/C17H18F3N3O4S/c1-11-6-7-12(28(25,26)23(2)3)9-14(11)22-15(24)13-5-4-8-21-16(13)27-10-17(18,19)20/h4-9H,10H2,1-3H3,(H,22,24). The van der Waals surface area contributed by atoms with E-state index in [0.717, 1.165) is 4.31 Å². The van der Waals surface area contributed by atoms with Crippen molar-refractivity contribution < 1.29 is 31.1 Å². The Morgan fingerprint density at radius 3 is 2.54 bits per heavy atom. The lowest BCUT2D eigenvalue weighted by molar-refractivity contribution is -0.154. The first kappa shape index (κ1) is 21.6. The summed E-state index contributed by atoms with van der Waals surface area (Å²) in [5, 5.41) is 2.49. The Hall–Kier alpha value is -2.66. The highest BCUT2D eigenvalue weighted by Crippen LogP contribution is 2.25. The minimum Gasteiger partial charge on any atom is -0.467 e. The van der Waals surface area contributed by atoms with E-state index in [2.05, 4.69) is 15.0 Å². The summed E-state index contributed by atoms with van der Waals surface area (Å²) < 4.78 is 67.3. The zero-order valence-corrected chi connectivity index (χ0v) is 16.1. The van der Waals surface area contributed by atoms with Crippen LogP contribution in [0.5, 0.6) is 5.88 Å². The Balaban J connectivity index is 2.31. The minimum atomic E-state index is -4.59. The van der Waals surface area contributed by atoms with E-state index in [4.69, 9.17) is 0 Å². The maximum absolute atomic E-state index is 12.5. The number of anilines is 1. The Kier molecular flexibility index (Phi) is 6.30. The van der Waals surface area contributed by atoms with Gasteiger partial charge in [0, 0.05) is 26.0 Å². The smallest absolute Gasteiger partial charge is 0.422 e. The molecule has 0 radical (unpaired) electrons. The number of rotatable bonds is 6. The van der Waals surface area contributed by atoms with Crippen LogP contribution in [0.2, 0.25) is 0 Å². The first-order chi connectivity index (χ1) is 12.9. The van der Waals surface area contributed by atoms with Gasteiger partial charge in [-0.25, -0.2) is 17.7 Å². The van der Waals surface area contributed by atoms with Crippen LogP contribution < -0.4 is 10.1 Å². The molecule has 0 unspecified atom stereocenters. The highest BCUT2D eigenvalue weighted by molar-refractivity contribution is 7.89. The Morgan fingerprint density at radius 1 is 1.25 bits per heavy atom. The van der Waals surface area contributed by atoms with Gasteiger partial charge in [-0.3, -0.25) is 4.79 Å². The van der Waals surface area contributed by atoms with Gasteiger partial charge in [-0.2, -0.15) is 13.2 Å². The number of nitrogens with zero attached hydrogens (tertiary/aromatic N) is 2. The normalized spacial score (nSPS) is 12.1. The number of pyridine rings is 1. The summed E-state index contributed by atoms with van der Waals surface area (Å²) in [5.41, 5.74) is 0.540. The number of carbonyl (C=O) groups is 1. The summed E-state index contributed by atoms with van der Waals surface area (Å²) in [6, 6.07) is 6.80. The summed E-state index contributed by atoms with van der Waals surface area (Å²) in [4.78, 5) is 16.2. The number of halogens is 3. The second-order valence-electron chi connectivity index (χ2n) is 5.98. The number of hydrogen-bond acceptors (Lipinski definition) is 5. The van der Waals surface area contributed by atoms with Gasteiger partial charge in [-0.05, 0) is 36.8 Å². The van der Waals surface area contributed by atoms with Gasteiger partial charge < -0.3 is 10.1 Å². The van der Waals surface area contributed by atoms with E-state index in [1.54, 1.807) is 6.92 Å². The third-order valence-corrected chi connectivity index (χ3v) is 5.44. The lowest BCUT2D eigenvalue weighted by atomic mass is 10.2. The predicted molar refractivity (Wildman–Crippen MR) is 95.8 cm³/mol. The number of benzene rings is 1. The zero-order chi connectivity index (χ0) is 21.1. The van der Waals surface area contributed by atoms with Gasteiger partial charge in [0.15, 0.2) is 6.61 Å². The van der Waals surface area contributed by atoms with Crippen LogP contribution in [0.4, 0.5) is 18.9 Å². The molecule has 7 nitrogen and oxygen atoms in total. The topological polar surface area (TPSA) is 88.6 Å². The minimum absolute atomic E-state index is 0.0434. The zero-order valence-electron chi connectivity index (χ0n) is 15.2. The van der Waals surface area contributed by atoms with Crippen LogP contribution in [0.1, 0.15) is 15.9 Å². The van der Waals surface area contributed by atoms with Gasteiger partial charge in [-0.15, -0.1) is 0 Å². The van der Waals surface area contributed by atoms with E-state index in [-0.39, 0.29) is 16.1 Å². The fourth-order valence-electron chi connectivity index (χ4n) is 2.13. The Labute approximate surface area is 160 Å². The molecule has 0 aliphatic heterocycles. The van der Waals surface area contributed by atoms with Crippen molar-refractivity contribution in [1.82, 2.24) is 9.29 Å². The predicted octanol–water partition coefficient (Wildman–Crippen LogP) is 2.83. The lowest BCUT2D eigenvalue weighted by Gasteiger charge is -2.15. The second kappa shape index (κ2) is 8.15. The number of aromatic nitrogens is 1. The van der Waals surface area contributed by atoms with Gasteiger partial charge in [0.2, 0.25) is 15.9 Å². The van der Waals surface area contributed by atoms with Crippen molar-refractivity contribution in [2.75, 3.05) is 26.0 Å². The quantitative estimate of drug-likeness (QED) is 0.781. The van der Waals surface area contributed by atoms with Crippen LogP contribution in [0, 0.1) is 6.92 Å². The molecule has 0 atom stereocenters. The molecule has 0 spiro atoms. The molecular weight excluding hydrogens is 399 g/mol. The number of carbonyl (C=O) groups excluding carboxylic acids is 1. The Morgan fingerprint density at radius 2 is 1.93 bits per heavy atom. The average Bonchev–Trinajstić information content (AvgIpc) is 2.61.